The summed E-state index contributed by atoms with van der Waals surface area (Å²) in [6.45, 7) is 4.54. The van der Waals surface area contributed by atoms with E-state index in [0.717, 1.165) is 3.97 Å². The third kappa shape index (κ3) is 1.37. The summed E-state index contributed by atoms with van der Waals surface area (Å²) >= 11 is 0.206. The predicted octanol–water partition coefficient (Wildman–Crippen LogP) is 1.97. The fourth-order valence-corrected chi connectivity index (χ4v) is 2.59. The average Bonchev–Trinajstić information content (AvgIpc) is 1.77. The molecule has 1 rings (SSSR count). The molecule has 0 amide bonds. The second-order valence-corrected chi connectivity index (χ2v) is 5.59. The van der Waals surface area contributed by atoms with Crippen LogP contribution in [-0.4, -0.2) is 20.9 Å². The molecule has 1 atom stereocenters. The van der Waals surface area contributed by atoms with Crippen molar-refractivity contribution < 1.29 is 0 Å². The monoisotopic (exact) mass is 224 g/mol. The van der Waals surface area contributed by atoms with Gasteiger partial charge in [0, 0.05) is 0 Å². The number of hydrogen-bond acceptors (Lipinski definition) is 0. The number of hydrogen-bond donors (Lipinski definition) is 0. The summed E-state index contributed by atoms with van der Waals surface area (Å²) in [5.41, 5.74) is 1.56. The van der Waals surface area contributed by atoms with Crippen LogP contribution in [0.3, 0.4) is 0 Å². The third-order valence-electron chi connectivity index (χ3n) is 1.36. The molecule has 0 aliphatic carbocycles. The van der Waals surface area contributed by atoms with E-state index < -0.39 is 0 Å². The zero-order chi connectivity index (χ0) is 5.98. The molecule has 1 aliphatic rings. The van der Waals surface area contributed by atoms with Crippen LogP contribution in [0.5, 0.6) is 0 Å². The molecule has 0 aromatic heterocycles. The first-order valence-electron chi connectivity index (χ1n) is 2.79. The Hall–Kier alpha value is 0.270. The second-order valence-electron chi connectivity index (χ2n) is 2.02. The molecule has 1 heteroatoms. The Balaban J connectivity index is 2.66. The van der Waals surface area contributed by atoms with Crippen LogP contribution in [0.25, 0.3) is 0 Å². The third-order valence-corrected chi connectivity index (χ3v) is 4.48. The van der Waals surface area contributed by atoms with Crippen molar-refractivity contribution in [2.45, 2.75) is 17.8 Å². The molecule has 1 heterocycles. The Bertz CT molecular complexity index is 133. The van der Waals surface area contributed by atoms with Crippen molar-refractivity contribution in [1.82, 2.24) is 0 Å². The van der Waals surface area contributed by atoms with Crippen molar-refractivity contribution in [3.8, 4) is 0 Å². The van der Waals surface area contributed by atoms with Crippen molar-refractivity contribution in [3.05, 3.63) is 21.8 Å². The normalized spacial score (nSPS) is 27.8. The van der Waals surface area contributed by atoms with Crippen LogP contribution < -0.4 is 0 Å². The fourth-order valence-electron chi connectivity index (χ4n) is 0.597. The summed E-state index contributed by atoms with van der Waals surface area (Å²) in [6.07, 6.45) is 4.41. The van der Waals surface area contributed by atoms with E-state index in [9.17, 15) is 0 Å². The van der Waals surface area contributed by atoms with Crippen LogP contribution >= 0.6 is 0 Å². The second kappa shape index (κ2) is 2.71. The number of rotatable bonds is 0. The van der Waals surface area contributed by atoms with Crippen molar-refractivity contribution in [1.29, 1.82) is 0 Å². The molecule has 1 unspecified atom stereocenters. The Morgan fingerprint density at radius 2 is 2.38 bits per heavy atom. The summed E-state index contributed by atoms with van der Waals surface area (Å²) in [4.78, 5) is 0. The molecule has 0 nitrogen and oxygen atoms in total. The van der Waals surface area contributed by atoms with Gasteiger partial charge in [0.05, 0.1) is 0 Å². The predicted molar refractivity (Wildman–Crippen MR) is 38.1 cm³/mol. The average molecular weight is 222 g/mol. The topological polar surface area (TPSA) is 0 Å². The van der Waals surface area contributed by atoms with Gasteiger partial charge >= 0.3 is 60.6 Å². The maximum absolute atomic E-state index is 2.35. The summed E-state index contributed by atoms with van der Waals surface area (Å²) in [5.74, 6) is 0. The summed E-state index contributed by atoms with van der Waals surface area (Å²) in [7, 11) is 0. The van der Waals surface area contributed by atoms with Gasteiger partial charge in [-0.15, -0.1) is 0 Å². The first-order chi connectivity index (χ1) is 3.80. The van der Waals surface area contributed by atoms with Gasteiger partial charge in [-0.1, -0.05) is 0 Å². The minimum absolute atomic E-state index is 0.206. The van der Waals surface area contributed by atoms with Gasteiger partial charge in [0.15, 0.2) is 0 Å². The molecular formula is C7H10Te. The van der Waals surface area contributed by atoms with Gasteiger partial charge in [0.2, 0.25) is 0 Å². The molecule has 0 radical (unpaired) electrons. The van der Waals surface area contributed by atoms with Crippen LogP contribution in [0.1, 0.15) is 13.8 Å². The van der Waals surface area contributed by atoms with Crippen LogP contribution in [0.4, 0.5) is 0 Å². The van der Waals surface area contributed by atoms with Crippen molar-refractivity contribution in [2.75, 3.05) is 0 Å². The zero-order valence-electron chi connectivity index (χ0n) is 5.22. The summed E-state index contributed by atoms with van der Waals surface area (Å²) < 4.78 is 3.26. The zero-order valence-corrected chi connectivity index (χ0v) is 7.55. The molecule has 0 saturated heterocycles. The van der Waals surface area contributed by atoms with Gasteiger partial charge < -0.3 is 0 Å². The van der Waals surface area contributed by atoms with Gasteiger partial charge in [0.25, 0.3) is 0 Å². The summed E-state index contributed by atoms with van der Waals surface area (Å²) in [5, 5.41) is 0. The van der Waals surface area contributed by atoms with Gasteiger partial charge in [-0.25, -0.2) is 0 Å². The quantitative estimate of drug-likeness (QED) is 0.549. The van der Waals surface area contributed by atoms with E-state index >= 15 is 0 Å². The van der Waals surface area contributed by atoms with E-state index in [1.54, 1.807) is 5.57 Å². The molecule has 0 N–H and O–H groups in total. The first-order valence-corrected chi connectivity index (χ1v) is 5.48. The van der Waals surface area contributed by atoms with Gasteiger partial charge in [0.1, 0.15) is 0 Å². The molecule has 0 spiro atoms. The van der Waals surface area contributed by atoms with Crippen LogP contribution in [0.2, 0.25) is 3.97 Å². The van der Waals surface area contributed by atoms with E-state index in [1.807, 2.05) is 0 Å². The van der Waals surface area contributed by atoms with E-state index in [0.29, 0.717) is 0 Å². The van der Waals surface area contributed by atoms with E-state index in [1.165, 1.54) is 0 Å². The van der Waals surface area contributed by atoms with Crippen molar-refractivity contribution in [2.24, 2.45) is 0 Å². The van der Waals surface area contributed by atoms with Gasteiger partial charge in [-0.05, 0) is 0 Å². The molecule has 0 bridgehead atoms. The van der Waals surface area contributed by atoms with E-state index in [2.05, 4.69) is 30.1 Å². The van der Waals surface area contributed by atoms with Crippen molar-refractivity contribution in [3.63, 3.8) is 0 Å². The molecule has 44 valence electrons. The van der Waals surface area contributed by atoms with Crippen LogP contribution in [0, 0.1) is 0 Å². The van der Waals surface area contributed by atoms with Gasteiger partial charge in [-0.2, -0.15) is 0 Å². The molecule has 0 saturated carbocycles. The SMILES string of the molecule is CC1=CC=C[Te]C1C. The molecule has 1 aliphatic heterocycles. The molecule has 8 heavy (non-hydrogen) atoms. The molecular weight excluding hydrogens is 212 g/mol. The van der Waals surface area contributed by atoms with Crippen molar-refractivity contribution >= 4 is 20.9 Å². The first kappa shape index (κ1) is 6.39. The Kier molecular flexibility index (Phi) is 2.16. The fraction of sp³-hybridized carbons (Fsp3) is 0.429. The summed E-state index contributed by atoms with van der Waals surface area (Å²) in [6, 6.07) is 0. The Morgan fingerprint density at radius 3 is 2.75 bits per heavy atom. The Morgan fingerprint density at radius 1 is 1.62 bits per heavy atom. The van der Waals surface area contributed by atoms with Gasteiger partial charge in [-0.3, -0.25) is 0 Å². The molecule has 0 fully saturated rings. The van der Waals surface area contributed by atoms with Crippen LogP contribution in [0.15, 0.2) is 21.8 Å². The minimum atomic E-state index is 0.206. The standard InChI is InChI=1S/C7H10Te/c1-6-4-3-5-8-7(6)2/h3-5,7H,1-2H3. The van der Waals surface area contributed by atoms with Crippen LogP contribution in [-0.2, 0) is 0 Å². The maximum atomic E-state index is 2.35. The van der Waals surface area contributed by atoms with E-state index in [-0.39, 0.29) is 20.9 Å². The molecule has 0 aromatic carbocycles. The Labute approximate surface area is 60.7 Å². The van der Waals surface area contributed by atoms with E-state index in [4.69, 9.17) is 0 Å². The molecule has 0 aromatic rings. The number of allylic oxidation sites excluding steroid dienone is 3.